The first-order valence-corrected chi connectivity index (χ1v) is 9.07. The molecule has 0 saturated heterocycles. The van der Waals surface area contributed by atoms with Crippen molar-refractivity contribution in [1.29, 1.82) is 0 Å². The number of esters is 2. The van der Waals surface area contributed by atoms with Gasteiger partial charge in [-0.3, -0.25) is 4.79 Å². The highest BCUT2D eigenvalue weighted by Crippen LogP contribution is 2.41. The summed E-state index contributed by atoms with van der Waals surface area (Å²) < 4.78 is 26.2. The van der Waals surface area contributed by atoms with Crippen LogP contribution < -0.4 is 0 Å². The number of methoxy groups -OCH3 is 1. The summed E-state index contributed by atoms with van der Waals surface area (Å²) in [6, 6.07) is 14.0. The second kappa shape index (κ2) is 9.28. The summed E-state index contributed by atoms with van der Waals surface area (Å²) >= 11 is 0. The van der Waals surface area contributed by atoms with Crippen LogP contribution in [0.3, 0.4) is 0 Å². The molecule has 0 N–H and O–H groups in total. The zero-order valence-corrected chi connectivity index (χ0v) is 16.6. The zero-order chi connectivity index (χ0) is 21.6. The fraction of sp³-hybridized carbons (Fsp3) is 0.261. The molecule has 0 spiro atoms. The number of benzene rings is 2. The number of aryl methyl sites for hydroxylation is 1. The summed E-state index contributed by atoms with van der Waals surface area (Å²) in [5, 5.41) is 0. The molecule has 0 fully saturated rings. The lowest BCUT2D eigenvalue weighted by Gasteiger charge is -2.31. The van der Waals surface area contributed by atoms with Crippen LogP contribution in [0, 0.1) is 6.92 Å². The van der Waals surface area contributed by atoms with E-state index in [9.17, 15) is 14.4 Å². The number of alkyl halides is 1. The van der Waals surface area contributed by atoms with Crippen LogP contribution in [0.15, 0.2) is 66.7 Å². The molecule has 6 heteroatoms. The summed E-state index contributed by atoms with van der Waals surface area (Å²) in [7, 11) is 1.11. The summed E-state index contributed by atoms with van der Waals surface area (Å²) in [6.07, 6.45) is 0. The Labute approximate surface area is 169 Å². The number of hydrogen-bond donors (Lipinski definition) is 0. The second-order valence-electron chi connectivity index (χ2n) is 6.49. The molecule has 2 aromatic carbocycles. The molecule has 2 aromatic rings. The smallest absolute Gasteiger partial charge is 0.353 e. The number of halogens is 1. The van der Waals surface area contributed by atoms with E-state index in [0.29, 0.717) is 0 Å². The minimum absolute atomic E-state index is 0.0234. The van der Waals surface area contributed by atoms with Crippen molar-refractivity contribution in [3.8, 4) is 0 Å². The van der Waals surface area contributed by atoms with Gasteiger partial charge in [0.1, 0.15) is 0 Å². The van der Waals surface area contributed by atoms with Gasteiger partial charge in [0.05, 0.1) is 19.6 Å². The molecule has 0 aliphatic rings. The third kappa shape index (κ3) is 4.42. The first kappa shape index (κ1) is 22.0. The lowest BCUT2D eigenvalue weighted by molar-refractivity contribution is -0.155. The average Bonchev–Trinajstić information content (AvgIpc) is 2.74. The van der Waals surface area contributed by atoms with E-state index in [-0.39, 0.29) is 23.3 Å². The Balaban J connectivity index is 2.72. The van der Waals surface area contributed by atoms with Crippen LogP contribution >= 0.6 is 0 Å². The zero-order valence-electron chi connectivity index (χ0n) is 16.6. The van der Waals surface area contributed by atoms with Gasteiger partial charge in [-0.05, 0) is 19.4 Å². The standard InChI is InChI=1S/C23H23FO5/c1-5-29-22(27)23(24,20(25)18-13-11-15(2)12-14-18)19(16(3)21(26)28-4)17-9-7-6-8-10-17/h6-14,19H,3,5H2,1-2,4H3. The number of rotatable bonds is 8. The Morgan fingerprint density at radius 1 is 1.07 bits per heavy atom. The third-order valence-corrected chi connectivity index (χ3v) is 4.54. The molecule has 5 nitrogen and oxygen atoms in total. The van der Waals surface area contributed by atoms with Gasteiger partial charge >= 0.3 is 11.9 Å². The Bertz CT molecular complexity index is 905. The lowest BCUT2D eigenvalue weighted by Crippen LogP contribution is -2.50. The van der Waals surface area contributed by atoms with Crippen LogP contribution in [0.4, 0.5) is 4.39 Å². The Morgan fingerprint density at radius 2 is 1.66 bits per heavy atom. The fourth-order valence-electron chi connectivity index (χ4n) is 3.06. The molecule has 2 unspecified atom stereocenters. The highest BCUT2D eigenvalue weighted by Gasteiger charge is 2.57. The minimum atomic E-state index is -3.21. The topological polar surface area (TPSA) is 69.7 Å². The summed E-state index contributed by atoms with van der Waals surface area (Å²) in [5.74, 6) is -5.05. The molecule has 2 rings (SSSR count). The fourth-order valence-corrected chi connectivity index (χ4v) is 3.06. The van der Waals surface area contributed by atoms with Gasteiger partial charge in [0.2, 0.25) is 5.78 Å². The van der Waals surface area contributed by atoms with Crippen LogP contribution in [-0.4, -0.2) is 37.1 Å². The molecule has 0 heterocycles. The van der Waals surface area contributed by atoms with Gasteiger partial charge in [-0.25, -0.2) is 14.0 Å². The van der Waals surface area contributed by atoms with E-state index in [0.717, 1.165) is 12.7 Å². The molecule has 152 valence electrons. The quantitative estimate of drug-likeness (QED) is 0.291. The van der Waals surface area contributed by atoms with Crippen LogP contribution in [0.1, 0.15) is 34.3 Å². The van der Waals surface area contributed by atoms with E-state index in [1.54, 1.807) is 30.3 Å². The van der Waals surface area contributed by atoms with Crippen LogP contribution in [0.2, 0.25) is 0 Å². The Kier molecular flexibility index (Phi) is 7.04. The van der Waals surface area contributed by atoms with E-state index >= 15 is 4.39 Å². The predicted molar refractivity (Wildman–Crippen MR) is 106 cm³/mol. The van der Waals surface area contributed by atoms with Crippen LogP contribution in [-0.2, 0) is 19.1 Å². The third-order valence-electron chi connectivity index (χ3n) is 4.54. The molecule has 0 bridgehead atoms. The molecular formula is C23H23FO5. The van der Waals surface area contributed by atoms with Crippen molar-refractivity contribution < 1.29 is 28.2 Å². The van der Waals surface area contributed by atoms with Crippen molar-refractivity contribution in [3.05, 3.63) is 83.4 Å². The molecule has 0 radical (unpaired) electrons. The van der Waals surface area contributed by atoms with Crippen molar-refractivity contribution in [3.63, 3.8) is 0 Å². The van der Waals surface area contributed by atoms with E-state index in [1.807, 2.05) is 6.92 Å². The van der Waals surface area contributed by atoms with Crippen LogP contribution in [0.5, 0.6) is 0 Å². The maximum absolute atomic E-state index is 16.6. The maximum atomic E-state index is 16.6. The molecule has 0 aliphatic heterocycles. The number of hydrogen-bond acceptors (Lipinski definition) is 5. The second-order valence-corrected chi connectivity index (χ2v) is 6.49. The normalized spacial score (nSPS) is 13.7. The van der Waals surface area contributed by atoms with Crippen molar-refractivity contribution in [2.24, 2.45) is 0 Å². The van der Waals surface area contributed by atoms with Gasteiger partial charge in [-0.2, -0.15) is 0 Å². The molecular weight excluding hydrogens is 375 g/mol. The molecule has 0 saturated carbocycles. The molecule has 0 aliphatic carbocycles. The Morgan fingerprint density at radius 3 is 2.17 bits per heavy atom. The number of ether oxygens (including phenoxy) is 2. The minimum Gasteiger partial charge on any atom is -0.466 e. The number of carbonyl (C=O) groups is 3. The predicted octanol–water partition coefficient (Wildman–Crippen LogP) is 3.96. The van der Waals surface area contributed by atoms with Crippen molar-refractivity contribution >= 4 is 17.7 Å². The highest BCUT2D eigenvalue weighted by molar-refractivity contribution is 6.17. The summed E-state index contributed by atoms with van der Waals surface area (Å²) in [6.45, 7) is 6.80. The van der Waals surface area contributed by atoms with Crippen molar-refractivity contribution in [2.75, 3.05) is 13.7 Å². The molecule has 2 atom stereocenters. The first-order chi connectivity index (χ1) is 13.8. The summed E-state index contributed by atoms with van der Waals surface area (Å²) in [5.41, 5.74) is -2.52. The van der Waals surface area contributed by atoms with Gasteiger partial charge in [0.25, 0.3) is 5.67 Å². The van der Waals surface area contributed by atoms with Gasteiger partial charge in [-0.1, -0.05) is 66.7 Å². The van der Waals surface area contributed by atoms with E-state index < -0.39 is 29.3 Å². The monoisotopic (exact) mass is 398 g/mol. The van der Waals surface area contributed by atoms with Gasteiger partial charge < -0.3 is 9.47 Å². The summed E-state index contributed by atoms with van der Waals surface area (Å²) in [4.78, 5) is 38.2. The number of carbonyl (C=O) groups excluding carboxylic acids is 3. The van der Waals surface area contributed by atoms with Crippen LogP contribution in [0.25, 0.3) is 0 Å². The lowest BCUT2D eigenvalue weighted by atomic mass is 9.74. The maximum Gasteiger partial charge on any atom is 0.353 e. The molecule has 0 aromatic heterocycles. The molecule has 0 amide bonds. The van der Waals surface area contributed by atoms with Gasteiger partial charge in [0.15, 0.2) is 0 Å². The molecule has 29 heavy (non-hydrogen) atoms. The SMILES string of the molecule is C=C(C(=O)OC)C(c1ccccc1)C(F)(C(=O)OCC)C(=O)c1ccc(C)cc1. The Hall–Kier alpha value is -3.28. The largest absolute Gasteiger partial charge is 0.466 e. The highest BCUT2D eigenvalue weighted by atomic mass is 19.1. The van der Waals surface area contributed by atoms with Gasteiger partial charge in [-0.15, -0.1) is 0 Å². The van der Waals surface area contributed by atoms with E-state index in [2.05, 4.69) is 11.3 Å². The van der Waals surface area contributed by atoms with E-state index in [1.165, 1.54) is 31.2 Å². The van der Waals surface area contributed by atoms with Crippen molar-refractivity contribution in [2.45, 2.75) is 25.4 Å². The van der Waals surface area contributed by atoms with Crippen molar-refractivity contribution in [1.82, 2.24) is 0 Å². The van der Waals surface area contributed by atoms with E-state index in [4.69, 9.17) is 4.74 Å². The average molecular weight is 398 g/mol. The number of Topliss-reactive ketones (excluding diaryl/α,β-unsaturated/α-hetero) is 1. The first-order valence-electron chi connectivity index (χ1n) is 9.07. The van der Waals surface area contributed by atoms with Gasteiger partial charge in [0, 0.05) is 11.1 Å². The number of ketones is 1.